The lowest BCUT2D eigenvalue weighted by molar-refractivity contribution is -0.118. The first kappa shape index (κ1) is 16.6. The van der Waals surface area contributed by atoms with Gasteiger partial charge < -0.3 is 0 Å². The summed E-state index contributed by atoms with van der Waals surface area (Å²) in [4.78, 5) is 15.9. The Morgan fingerprint density at radius 3 is 2.48 bits per heavy atom. The zero-order valence-electron chi connectivity index (χ0n) is 16.3. The minimum Gasteiger partial charge on any atom is -0.298 e. The number of carbonyl (C=O) groups is 1. The molecular formula is C27H21NO. The van der Waals surface area contributed by atoms with Crippen LogP contribution >= 0.6 is 0 Å². The van der Waals surface area contributed by atoms with E-state index in [1.54, 1.807) is 0 Å². The van der Waals surface area contributed by atoms with Crippen LogP contribution in [-0.4, -0.2) is 11.4 Å². The molecular weight excluding hydrogens is 354 g/mol. The molecule has 0 N–H and O–H groups in total. The summed E-state index contributed by atoms with van der Waals surface area (Å²) in [6.45, 7) is 2.08. The molecule has 0 radical (unpaired) electrons. The zero-order chi connectivity index (χ0) is 19.6. The molecule has 1 aliphatic heterocycles. The van der Waals surface area contributed by atoms with Gasteiger partial charge in [0.25, 0.3) is 0 Å². The van der Waals surface area contributed by atoms with Crippen LogP contribution in [0.15, 0.2) is 96.6 Å². The number of fused-ring (bicyclic) bond motifs is 3. The van der Waals surface area contributed by atoms with Gasteiger partial charge in [-0.1, -0.05) is 78.4 Å². The fraction of sp³-hybridized carbons (Fsp3) is 0.148. The number of hydrogen-bond donors (Lipinski definition) is 0. The number of amides is 1. The number of nitrogens with zero attached hydrogens (tertiary/aromatic N) is 1. The second-order valence-electron chi connectivity index (χ2n) is 8.31. The van der Waals surface area contributed by atoms with Crippen LogP contribution in [0.5, 0.6) is 0 Å². The summed E-state index contributed by atoms with van der Waals surface area (Å²) >= 11 is 0. The Kier molecular flexibility index (Phi) is 3.31. The summed E-state index contributed by atoms with van der Waals surface area (Å²) in [5.74, 6) is -0.0499. The van der Waals surface area contributed by atoms with Gasteiger partial charge in [-0.2, -0.15) is 0 Å². The van der Waals surface area contributed by atoms with E-state index in [0.717, 1.165) is 17.7 Å². The lowest BCUT2D eigenvalue weighted by Crippen LogP contribution is -2.47. The molecule has 6 rings (SSSR count). The number of hydrogen-bond acceptors (Lipinski definition) is 1. The number of carbonyl (C=O) groups excluding carboxylic acids is 1. The van der Waals surface area contributed by atoms with Gasteiger partial charge in [-0.05, 0) is 52.6 Å². The third kappa shape index (κ3) is 2.20. The lowest BCUT2D eigenvalue weighted by Gasteiger charge is -2.39. The molecule has 3 aromatic carbocycles. The SMILES string of the molecule is Cc1ccc(N2C(=O)C3C4=CC=CC=CC42Cc2cc4ccccc4cc23)cc1. The standard InChI is InChI=1S/C27H21NO/c1-18-10-12-22(13-11-18)28-26(29)25-23-16-20-8-5-4-7-19(20)15-21(23)17-27(28)14-6-2-3-9-24(25)27/h2-16,25H,17H2,1H3. The molecule has 1 saturated heterocycles. The van der Waals surface area contributed by atoms with Crippen molar-refractivity contribution in [2.24, 2.45) is 0 Å². The lowest BCUT2D eigenvalue weighted by atomic mass is 9.71. The molecule has 2 aliphatic carbocycles. The molecule has 0 saturated carbocycles. The monoisotopic (exact) mass is 375 g/mol. The van der Waals surface area contributed by atoms with Crippen LogP contribution in [0.2, 0.25) is 0 Å². The largest absolute Gasteiger partial charge is 0.298 e. The highest BCUT2D eigenvalue weighted by molar-refractivity contribution is 6.09. The molecule has 0 spiro atoms. The van der Waals surface area contributed by atoms with E-state index in [9.17, 15) is 4.79 Å². The minimum absolute atomic E-state index is 0.175. The Morgan fingerprint density at radius 1 is 0.931 bits per heavy atom. The van der Waals surface area contributed by atoms with Crippen molar-refractivity contribution in [3.05, 3.63) is 113 Å². The Hall–Kier alpha value is -3.39. The molecule has 2 unspecified atom stereocenters. The van der Waals surface area contributed by atoms with Gasteiger partial charge in [0.05, 0.1) is 11.5 Å². The smallest absolute Gasteiger partial charge is 0.239 e. The maximum absolute atomic E-state index is 13.9. The first-order valence-electron chi connectivity index (χ1n) is 10.2. The summed E-state index contributed by atoms with van der Waals surface area (Å²) in [7, 11) is 0. The fourth-order valence-corrected chi connectivity index (χ4v) is 5.30. The van der Waals surface area contributed by atoms with E-state index in [1.807, 2.05) is 4.90 Å². The van der Waals surface area contributed by atoms with Crippen molar-refractivity contribution in [1.82, 2.24) is 0 Å². The van der Waals surface area contributed by atoms with Crippen molar-refractivity contribution in [2.75, 3.05) is 4.90 Å². The summed E-state index contributed by atoms with van der Waals surface area (Å²) in [6, 6.07) is 21.3. The first-order valence-corrected chi connectivity index (χ1v) is 10.2. The van der Waals surface area contributed by atoms with E-state index in [1.165, 1.54) is 27.5 Å². The number of aryl methyl sites for hydroxylation is 1. The van der Waals surface area contributed by atoms with E-state index in [2.05, 4.69) is 98.0 Å². The van der Waals surface area contributed by atoms with Crippen LogP contribution in [0.1, 0.15) is 22.6 Å². The van der Waals surface area contributed by atoms with Gasteiger partial charge in [-0.15, -0.1) is 0 Å². The van der Waals surface area contributed by atoms with Crippen LogP contribution in [0.3, 0.4) is 0 Å². The molecule has 140 valence electrons. The average molecular weight is 375 g/mol. The molecule has 2 bridgehead atoms. The highest BCUT2D eigenvalue weighted by atomic mass is 16.2. The zero-order valence-corrected chi connectivity index (χ0v) is 16.3. The maximum atomic E-state index is 13.9. The van der Waals surface area contributed by atoms with Gasteiger partial charge >= 0.3 is 0 Å². The summed E-state index contributed by atoms with van der Waals surface area (Å²) in [5.41, 5.74) is 5.36. The molecule has 1 fully saturated rings. The molecule has 2 nitrogen and oxygen atoms in total. The summed E-state index contributed by atoms with van der Waals surface area (Å²) in [6.07, 6.45) is 11.4. The van der Waals surface area contributed by atoms with Crippen molar-refractivity contribution >= 4 is 22.4 Å². The molecule has 2 atom stereocenters. The van der Waals surface area contributed by atoms with E-state index < -0.39 is 5.54 Å². The second kappa shape index (κ2) is 5.81. The van der Waals surface area contributed by atoms with Crippen LogP contribution < -0.4 is 4.90 Å². The molecule has 3 aromatic rings. The van der Waals surface area contributed by atoms with Crippen LogP contribution in [0, 0.1) is 6.92 Å². The quantitative estimate of drug-likeness (QED) is 0.540. The van der Waals surface area contributed by atoms with E-state index in [4.69, 9.17) is 0 Å². The third-order valence-electron chi connectivity index (χ3n) is 6.62. The maximum Gasteiger partial charge on any atom is 0.239 e. The van der Waals surface area contributed by atoms with Crippen molar-refractivity contribution in [3.8, 4) is 0 Å². The van der Waals surface area contributed by atoms with E-state index >= 15 is 0 Å². The average Bonchev–Trinajstić information content (AvgIpc) is 2.86. The van der Waals surface area contributed by atoms with Gasteiger partial charge in [-0.3, -0.25) is 9.69 Å². The minimum atomic E-state index is -0.435. The summed E-state index contributed by atoms with van der Waals surface area (Å²) < 4.78 is 0. The molecule has 3 aliphatic rings. The predicted molar refractivity (Wildman–Crippen MR) is 118 cm³/mol. The molecule has 29 heavy (non-hydrogen) atoms. The highest BCUT2D eigenvalue weighted by Gasteiger charge is 2.57. The Labute approximate surface area is 170 Å². The van der Waals surface area contributed by atoms with Crippen molar-refractivity contribution in [2.45, 2.75) is 24.8 Å². The van der Waals surface area contributed by atoms with Crippen molar-refractivity contribution < 1.29 is 4.79 Å². The predicted octanol–water partition coefficient (Wildman–Crippen LogP) is 5.63. The summed E-state index contributed by atoms with van der Waals surface area (Å²) in [5, 5.41) is 2.43. The van der Waals surface area contributed by atoms with Crippen LogP contribution in [0.4, 0.5) is 5.69 Å². The Balaban J connectivity index is 1.63. The highest BCUT2D eigenvalue weighted by Crippen LogP contribution is 2.55. The first-order chi connectivity index (χ1) is 14.2. The van der Waals surface area contributed by atoms with Gasteiger partial charge in [-0.25, -0.2) is 0 Å². The van der Waals surface area contributed by atoms with Crippen molar-refractivity contribution in [3.63, 3.8) is 0 Å². The van der Waals surface area contributed by atoms with E-state index in [-0.39, 0.29) is 11.8 Å². The fourth-order valence-electron chi connectivity index (χ4n) is 5.30. The molecule has 2 heteroatoms. The number of benzene rings is 3. The van der Waals surface area contributed by atoms with Crippen LogP contribution in [0.25, 0.3) is 10.8 Å². The Bertz CT molecular complexity index is 1260. The van der Waals surface area contributed by atoms with Crippen LogP contribution in [-0.2, 0) is 11.2 Å². The normalized spacial score (nSPS) is 24.3. The molecule has 1 heterocycles. The van der Waals surface area contributed by atoms with Gasteiger partial charge in [0, 0.05) is 12.1 Å². The number of allylic oxidation sites excluding steroid dienone is 4. The third-order valence-corrected chi connectivity index (χ3v) is 6.62. The number of anilines is 1. The number of rotatable bonds is 1. The van der Waals surface area contributed by atoms with Gasteiger partial charge in [0.15, 0.2) is 0 Å². The Morgan fingerprint density at radius 2 is 1.69 bits per heavy atom. The second-order valence-corrected chi connectivity index (χ2v) is 8.31. The molecule has 1 amide bonds. The molecule has 0 aromatic heterocycles. The van der Waals surface area contributed by atoms with Gasteiger partial charge in [0.2, 0.25) is 5.91 Å². The topological polar surface area (TPSA) is 20.3 Å². The van der Waals surface area contributed by atoms with Crippen molar-refractivity contribution in [1.29, 1.82) is 0 Å². The van der Waals surface area contributed by atoms with Gasteiger partial charge in [0.1, 0.15) is 0 Å². The van der Waals surface area contributed by atoms with E-state index in [0.29, 0.717) is 0 Å².